The molecule has 3 aliphatic rings. The van der Waals surface area contributed by atoms with Gasteiger partial charge in [0, 0.05) is 39.3 Å². The highest BCUT2D eigenvalue weighted by molar-refractivity contribution is 5.80. The maximum Gasteiger partial charge on any atom is 0.193 e. The highest BCUT2D eigenvalue weighted by atomic mass is 16.5. The van der Waals surface area contributed by atoms with E-state index >= 15 is 0 Å². The molecule has 6 heteroatoms. The van der Waals surface area contributed by atoms with E-state index in [1.807, 2.05) is 7.05 Å². The molecule has 0 aliphatic carbocycles. The Morgan fingerprint density at radius 3 is 2.83 bits per heavy atom. The number of hydrogen-bond acceptors (Lipinski definition) is 4. The second-order valence-electron chi connectivity index (χ2n) is 6.82. The molecule has 0 aromatic heterocycles. The summed E-state index contributed by atoms with van der Waals surface area (Å²) < 4.78 is 11.3. The van der Waals surface area contributed by atoms with E-state index < -0.39 is 0 Å². The third kappa shape index (κ3) is 4.81. The first kappa shape index (κ1) is 17.0. The van der Waals surface area contributed by atoms with Crippen molar-refractivity contribution in [3.05, 3.63) is 0 Å². The second kappa shape index (κ2) is 8.85. The molecule has 0 amide bonds. The summed E-state index contributed by atoms with van der Waals surface area (Å²) in [7, 11) is 1.87. The summed E-state index contributed by atoms with van der Waals surface area (Å²) in [4.78, 5) is 9.48. The van der Waals surface area contributed by atoms with Gasteiger partial charge in [-0.2, -0.15) is 0 Å². The van der Waals surface area contributed by atoms with Crippen molar-refractivity contribution in [2.45, 2.75) is 44.2 Å². The van der Waals surface area contributed by atoms with Crippen LogP contribution in [0.1, 0.15) is 32.1 Å². The smallest absolute Gasteiger partial charge is 0.193 e. The van der Waals surface area contributed by atoms with Crippen LogP contribution in [0.25, 0.3) is 0 Å². The number of ether oxygens (including phenoxy) is 2. The molecule has 0 spiro atoms. The maximum atomic E-state index is 5.71. The van der Waals surface area contributed by atoms with Crippen LogP contribution in [0.3, 0.4) is 0 Å². The predicted octanol–water partition coefficient (Wildman–Crippen LogP) is 0.928. The third-order valence-corrected chi connectivity index (χ3v) is 5.19. The largest absolute Gasteiger partial charge is 0.377 e. The lowest BCUT2D eigenvalue weighted by atomic mass is 10.2. The van der Waals surface area contributed by atoms with Crippen LogP contribution in [0.2, 0.25) is 0 Å². The molecular formula is C17H32N4O2. The van der Waals surface area contributed by atoms with Gasteiger partial charge in [-0.1, -0.05) is 0 Å². The fourth-order valence-electron chi connectivity index (χ4n) is 3.90. The molecule has 3 fully saturated rings. The van der Waals surface area contributed by atoms with E-state index in [0.29, 0.717) is 18.8 Å². The Morgan fingerprint density at radius 2 is 2.09 bits per heavy atom. The van der Waals surface area contributed by atoms with E-state index in [1.165, 1.54) is 38.8 Å². The van der Waals surface area contributed by atoms with Gasteiger partial charge < -0.3 is 19.7 Å². The van der Waals surface area contributed by atoms with Gasteiger partial charge in [0.1, 0.15) is 0 Å². The molecule has 3 aliphatic heterocycles. The van der Waals surface area contributed by atoms with Gasteiger partial charge in [-0.3, -0.25) is 9.89 Å². The lowest BCUT2D eigenvalue weighted by Crippen LogP contribution is -2.43. The predicted molar refractivity (Wildman–Crippen MR) is 91.9 cm³/mol. The minimum absolute atomic E-state index is 0.314. The highest BCUT2D eigenvalue weighted by Gasteiger charge is 2.30. The first-order chi connectivity index (χ1) is 11.4. The molecule has 0 radical (unpaired) electrons. The van der Waals surface area contributed by atoms with Gasteiger partial charge in [0.15, 0.2) is 5.96 Å². The molecule has 0 saturated carbocycles. The number of nitrogens with zero attached hydrogens (tertiary/aromatic N) is 3. The van der Waals surface area contributed by atoms with Crippen LogP contribution < -0.4 is 5.32 Å². The minimum Gasteiger partial charge on any atom is -0.377 e. The molecule has 2 atom stereocenters. The Hall–Kier alpha value is -0.850. The SMILES string of the molecule is CN=C(NCCOCC1CCCO1)N1CCC(N2CCCC2)C1. The van der Waals surface area contributed by atoms with E-state index in [-0.39, 0.29) is 0 Å². The summed E-state index contributed by atoms with van der Waals surface area (Å²) in [5.74, 6) is 1.02. The molecule has 0 aromatic carbocycles. The van der Waals surface area contributed by atoms with Crippen molar-refractivity contribution in [2.24, 2.45) is 4.99 Å². The average molecular weight is 324 g/mol. The number of aliphatic imine (C=N–C) groups is 1. The van der Waals surface area contributed by atoms with Crippen LogP contribution in [0, 0.1) is 0 Å². The van der Waals surface area contributed by atoms with Crippen LogP contribution in [-0.2, 0) is 9.47 Å². The number of nitrogens with one attached hydrogen (secondary N) is 1. The van der Waals surface area contributed by atoms with Crippen molar-refractivity contribution in [1.82, 2.24) is 15.1 Å². The Morgan fingerprint density at radius 1 is 1.22 bits per heavy atom. The number of hydrogen-bond donors (Lipinski definition) is 1. The molecular weight excluding hydrogens is 292 g/mol. The summed E-state index contributed by atoms with van der Waals surface area (Å²) in [5.41, 5.74) is 0. The average Bonchev–Trinajstić information content (AvgIpc) is 3.32. The summed E-state index contributed by atoms with van der Waals surface area (Å²) in [6.45, 7) is 7.91. The molecule has 132 valence electrons. The lowest BCUT2D eigenvalue weighted by Gasteiger charge is -2.25. The van der Waals surface area contributed by atoms with Gasteiger partial charge in [0.25, 0.3) is 0 Å². The molecule has 3 heterocycles. The molecule has 2 unspecified atom stereocenters. The van der Waals surface area contributed by atoms with Crippen molar-refractivity contribution in [1.29, 1.82) is 0 Å². The summed E-state index contributed by atoms with van der Waals surface area (Å²) in [6.07, 6.45) is 6.62. The van der Waals surface area contributed by atoms with Gasteiger partial charge in [0.2, 0.25) is 0 Å². The monoisotopic (exact) mass is 324 g/mol. The Labute approximate surface area is 140 Å². The summed E-state index contributed by atoms with van der Waals surface area (Å²) in [6, 6.07) is 0.715. The van der Waals surface area contributed by atoms with Gasteiger partial charge in [0.05, 0.1) is 19.3 Å². The number of guanidine groups is 1. The third-order valence-electron chi connectivity index (χ3n) is 5.19. The van der Waals surface area contributed by atoms with E-state index in [0.717, 1.165) is 45.2 Å². The lowest BCUT2D eigenvalue weighted by molar-refractivity contribution is 0.0190. The minimum atomic E-state index is 0.314. The van der Waals surface area contributed by atoms with E-state index in [2.05, 4.69) is 20.1 Å². The molecule has 0 aromatic rings. The highest BCUT2D eigenvalue weighted by Crippen LogP contribution is 2.20. The van der Waals surface area contributed by atoms with E-state index in [9.17, 15) is 0 Å². The van der Waals surface area contributed by atoms with Crippen LogP contribution >= 0.6 is 0 Å². The fourth-order valence-corrected chi connectivity index (χ4v) is 3.90. The molecule has 0 bridgehead atoms. The van der Waals surface area contributed by atoms with Crippen LogP contribution in [0.15, 0.2) is 4.99 Å². The number of rotatable bonds is 6. The van der Waals surface area contributed by atoms with Gasteiger partial charge in [-0.25, -0.2) is 0 Å². The zero-order chi connectivity index (χ0) is 15.9. The molecule has 6 nitrogen and oxygen atoms in total. The molecule has 3 saturated heterocycles. The van der Waals surface area contributed by atoms with Crippen molar-refractivity contribution >= 4 is 5.96 Å². The van der Waals surface area contributed by atoms with Crippen molar-refractivity contribution < 1.29 is 9.47 Å². The van der Waals surface area contributed by atoms with E-state index in [1.54, 1.807) is 0 Å². The van der Waals surface area contributed by atoms with Crippen molar-refractivity contribution in [3.63, 3.8) is 0 Å². The zero-order valence-electron chi connectivity index (χ0n) is 14.5. The van der Waals surface area contributed by atoms with Crippen LogP contribution in [-0.4, -0.2) is 87.5 Å². The van der Waals surface area contributed by atoms with E-state index in [4.69, 9.17) is 9.47 Å². The Kier molecular flexibility index (Phi) is 6.54. The quantitative estimate of drug-likeness (QED) is 0.447. The topological polar surface area (TPSA) is 49.3 Å². The molecule has 23 heavy (non-hydrogen) atoms. The van der Waals surface area contributed by atoms with Gasteiger partial charge >= 0.3 is 0 Å². The summed E-state index contributed by atoms with van der Waals surface area (Å²) >= 11 is 0. The second-order valence-corrected chi connectivity index (χ2v) is 6.82. The molecule has 1 N–H and O–H groups in total. The summed E-state index contributed by atoms with van der Waals surface area (Å²) in [5, 5.41) is 3.44. The first-order valence-corrected chi connectivity index (χ1v) is 9.26. The van der Waals surface area contributed by atoms with Gasteiger partial charge in [-0.15, -0.1) is 0 Å². The van der Waals surface area contributed by atoms with Gasteiger partial charge in [-0.05, 0) is 45.2 Å². The van der Waals surface area contributed by atoms with Crippen molar-refractivity contribution in [3.8, 4) is 0 Å². The van der Waals surface area contributed by atoms with Crippen LogP contribution in [0.5, 0.6) is 0 Å². The standard InChI is InChI=1S/C17H32N4O2/c1-18-17(19-7-12-22-14-16-5-4-11-23-16)21-10-6-15(13-21)20-8-2-3-9-20/h15-16H,2-14H2,1H3,(H,18,19). The Bertz CT molecular complexity index is 379. The maximum absolute atomic E-state index is 5.71. The Balaban J connectivity index is 1.31. The normalized spacial score (nSPS) is 29.6. The first-order valence-electron chi connectivity index (χ1n) is 9.26. The zero-order valence-corrected chi connectivity index (χ0v) is 14.5. The van der Waals surface area contributed by atoms with Crippen molar-refractivity contribution in [2.75, 3.05) is 59.6 Å². The fraction of sp³-hybridized carbons (Fsp3) is 0.941. The number of likely N-dealkylation sites (tertiary alicyclic amines) is 2. The van der Waals surface area contributed by atoms with Crippen LogP contribution in [0.4, 0.5) is 0 Å². The molecule has 3 rings (SSSR count).